The van der Waals surface area contributed by atoms with Gasteiger partial charge in [-0.1, -0.05) is 0 Å². The molecule has 0 amide bonds. The molecule has 0 atom stereocenters. The van der Waals surface area contributed by atoms with Crippen molar-refractivity contribution in [3.63, 3.8) is 0 Å². The molecule has 6 heteroatoms. The number of hydrogen-bond donors (Lipinski definition) is 2. The summed E-state index contributed by atoms with van der Waals surface area (Å²) in [6, 6.07) is 11.2. The Labute approximate surface area is 153 Å². The molecular formula is C18H20O4S2. The molecule has 0 fully saturated rings. The van der Waals surface area contributed by atoms with Crippen molar-refractivity contribution < 1.29 is 18.9 Å². The monoisotopic (exact) mass is 364 g/mol. The predicted molar refractivity (Wildman–Crippen MR) is 104 cm³/mol. The van der Waals surface area contributed by atoms with E-state index >= 15 is 0 Å². The zero-order valence-corrected chi connectivity index (χ0v) is 15.8. The summed E-state index contributed by atoms with van der Waals surface area (Å²) in [6.45, 7) is 0. The van der Waals surface area contributed by atoms with Gasteiger partial charge in [0.25, 0.3) is 0 Å². The van der Waals surface area contributed by atoms with Gasteiger partial charge in [0.15, 0.2) is 23.0 Å². The second-order valence-electron chi connectivity index (χ2n) is 4.84. The second-order valence-corrected chi connectivity index (χ2v) is 5.73. The van der Waals surface area contributed by atoms with Crippen LogP contribution >= 0.6 is 25.3 Å². The number of methoxy groups -OCH3 is 4. The van der Waals surface area contributed by atoms with Crippen LogP contribution in [0.15, 0.2) is 36.4 Å². The lowest BCUT2D eigenvalue weighted by Crippen LogP contribution is -1.93. The van der Waals surface area contributed by atoms with Gasteiger partial charge in [-0.3, -0.25) is 0 Å². The van der Waals surface area contributed by atoms with Crippen LogP contribution in [0.4, 0.5) is 0 Å². The van der Waals surface area contributed by atoms with E-state index in [4.69, 9.17) is 18.9 Å². The maximum atomic E-state index is 5.34. The maximum absolute atomic E-state index is 5.34. The molecule has 2 aromatic rings. The number of benzene rings is 2. The predicted octanol–water partition coefficient (Wildman–Crippen LogP) is 4.41. The molecule has 0 spiro atoms. The molecule has 128 valence electrons. The smallest absolute Gasteiger partial charge is 0.161 e. The highest BCUT2D eigenvalue weighted by Gasteiger charge is 2.12. The highest BCUT2D eigenvalue weighted by atomic mass is 32.1. The van der Waals surface area contributed by atoms with Crippen molar-refractivity contribution >= 4 is 35.1 Å². The molecule has 4 nitrogen and oxygen atoms in total. The minimum Gasteiger partial charge on any atom is -0.493 e. The largest absolute Gasteiger partial charge is 0.493 e. The third-order valence-electron chi connectivity index (χ3n) is 3.54. The summed E-state index contributed by atoms with van der Waals surface area (Å²) >= 11 is 9.25. The van der Waals surface area contributed by atoms with Gasteiger partial charge >= 0.3 is 0 Å². The minimum atomic E-state index is 0.634. The van der Waals surface area contributed by atoms with Crippen LogP contribution in [0, 0.1) is 0 Å². The average molecular weight is 364 g/mol. The van der Waals surface area contributed by atoms with Crippen LogP contribution in [0.3, 0.4) is 0 Å². The number of thiol groups is 2. The Balaban J connectivity index is 2.47. The van der Waals surface area contributed by atoms with Crippen LogP contribution in [-0.2, 0) is 0 Å². The van der Waals surface area contributed by atoms with Crippen molar-refractivity contribution in [1.82, 2.24) is 0 Å². The first-order valence-corrected chi connectivity index (χ1v) is 8.02. The molecule has 0 unspecified atom stereocenters. The molecule has 0 saturated carbocycles. The molecule has 2 aromatic carbocycles. The fourth-order valence-electron chi connectivity index (χ4n) is 2.24. The lowest BCUT2D eigenvalue weighted by Gasteiger charge is -2.13. The quantitative estimate of drug-likeness (QED) is 0.588. The van der Waals surface area contributed by atoms with E-state index in [0.29, 0.717) is 32.8 Å². The van der Waals surface area contributed by atoms with Crippen LogP contribution < -0.4 is 18.9 Å². The van der Waals surface area contributed by atoms with E-state index in [1.54, 1.807) is 28.4 Å². The summed E-state index contributed by atoms with van der Waals surface area (Å²) < 4.78 is 21.2. The van der Waals surface area contributed by atoms with Crippen LogP contribution in [0.1, 0.15) is 11.1 Å². The summed E-state index contributed by atoms with van der Waals surface area (Å²) in [7, 11) is 6.39. The fraction of sp³-hybridized carbons (Fsp3) is 0.222. The van der Waals surface area contributed by atoms with E-state index < -0.39 is 0 Å². The number of rotatable bonds is 6. The molecule has 0 aliphatic heterocycles. The summed E-state index contributed by atoms with van der Waals surface area (Å²) in [6.07, 6.45) is 0. The Morgan fingerprint density at radius 1 is 0.583 bits per heavy atom. The number of ether oxygens (including phenoxy) is 4. The minimum absolute atomic E-state index is 0.634. The summed E-state index contributed by atoms with van der Waals surface area (Å²) in [4.78, 5) is 1.43. The molecular weight excluding hydrogens is 344 g/mol. The maximum Gasteiger partial charge on any atom is 0.161 e. The molecule has 0 saturated heterocycles. The molecule has 0 aliphatic carbocycles. The Morgan fingerprint density at radius 2 is 0.917 bits per heavy atom. The Hall–Kier alpha value is -1.92. The Bertz CT molecular complexity index is 693. The topological polar surface area (TPSA) is 36.9 Å². The highest BCUT2D eigenvalue weighted by molar-refractivity contribution is 7.96. The van der Waals surface area contributed by atoms with Crippen molar-refractivity contribution in [1.29, 1.82) is 0 Å². The zero-order chi connectivity index (χ0) is 17.7. The molecule has 0 bridgehead atoms. The zero-order valence-electron chi connectivity index (χ0n) is 14.0. The van der Waals surface area contributed by atoms with Gasteiger partial charge in [-0.25, -0.2) is 0 Å². The second kappa shape index (κ2) is 8.26. The fourth-order valence-corrected chi connectivity index (χ4v) is 2.78. The average Bonchev–Trinajstić information content (AvgIpc) is 2.65. The van der Waals surface area contributed by atoms with Crippen molar-refractivity contribution in [2.24, 2.45) is 0 Å². The van der Waals surface area contributed by atoms with E-state index in [1.807, 2.05) is 36.4 Å². The van der Waals surface area contributed by atoms with Gasteiger partial charge in [0.1, 0.15) is 0 Å². The van der Waals surface area contributed by atoms with Crippen LogP contribution in [0.25, 0.3) is 9.81 Å². The molecule has 0 aliphatic rings. The van der Waals surface area contributed by atoms with E-state index in [1.165, 1.54) is 0 Å². The van der Waals surface area contributed by atoms with Gasteiger partial charge in [0, 0.05) is 9.81 Å². The van der Waals surface area contributed by atoms with E-state index in [2.05, 4.69) is 25.3 Å². The standard InChI is InChI=1S/C18H20O4S2/c1-19-13-7-5-11(9-15(13)21-3)17(23)18(24)12-6-8-14(20-2)16(10-12)22-4/h5-10,23-24H,1-4H3. The molecule has 0 N–H and O–H groups in total. The Morgan fingerprint density at radius 3 is 1.21 bits per heavy atom. The van der Waals surface area contributed by atoms with Gasteiger partial charge in [-0.2, -0.15) is 0 Å². The Kier molecular flexibility index (Phi) is 6.34. The SMILES string of the molecule is COc1ccc(C(S)=C(S)c2ccc(OC)c(OC)c2)cc1OC. The van der Waals surface area contributed by atoms with Crippen molar-refractivity contribution in [2.45, 2.75) is 0 Å². The molecule has 2 rings (SSSR count). The van der Waals surface area contributed by atoms with Gasteiger partial charge in [0.2, 0.25) is 0 Å². The van der Waals surface area contributed by atoms with Gasteiger partial charge in [-0.05, 0) is 47.5 Å². The van der Waals surface area contributed by atoms with Crippen molar-refractivity contribution in [2.75, 3.05) is 28.4 Å². The summed E-state index contributed by atoms with van der Waals surface area (Å²) in [5, 5.41) is 0. The first-order valence-electron chi connectivity index (χ1n) is 7.12. The van der Waals surface area contributed by atoms with Crippen LogP contribution in [0.5, 0.6) is 23.0 Å². The van der Waals surface area contributed by atoms with Gasteiger partial charge < -0.3 is 18.9 Å². The lowest BCUT2D eigenvalue weighted by atomic mass is 10.1. The molecule has 24 heavy (non-hydrogen) atoms. The first-order chi connectivity index (χ1) is 11.5. The third-order valence-corrected chi connectivity index (χ3v) is 4.68. The lowest BCUT2D eigenvalue weighted by molar-refractivity contribution is 0.355. The number of hydrogen-bond acceptors (Lipinski definition) is 6. The van der Waals surface area contributed by atoms with E-state index in [0.717, 1.165) is 11.1 Å². The van der Waals surface area contributed by atoms with Crippen LogP contribution in [-0.4, -0.2) is 28.4 Å². The first kappa shape index (κ1) is 18.4. The summed E-state index contributed by atoms with van der Waals surface area (Å²) in [5.74, 6) is 2.59. The third kappa shape index (κ3) is 3.76. The van der Waals surface area contributed by atoms with Crippen molar-refractivity contribution in [3.05, 3.63) is 47.5 Å². The van der Waals surface area contributed by atoms with Crippen LogP contribution in [0.2, 0.25) is 0 Å². The molecule has 0 radical (unpaired) electrons. The van der Waals surface area contributed by atoms with Gasteiger partial charge in [-0.15, -0.1) is 25.3 Å². The molecule has 0 aromatic heterocycles. The van der Waals surface area contributed by atoms with Crippen molar-refractivity contribution in [3.8, 4) is 23.0 Å². The normalized spacial score (nSPS) is 11.6. The van der Waals surface area contributed by atoms with E-state index in [9.17, 15) is 0 Å². The summed E-state index contributed by atoms with van der Waals surface area (Å²) in [5.41, 5.74) is 1.74. The van der Waals surface area contributed by atoms with Gasteiger partial charge in [0.05, 0.1) is 28.4 Å². The highest BCUT2D eigenvalue weighted by Crippen LogP contribution is 2.38. The molecule has 0 heterocycles. The van der Waals surface area contributed by atoms with E-state index in [-0.39, 0.29) is 0 Å².